The maximum atomic E-state index is 13.5. The average molecular weight is 517 g/mol. The Hall–Kier alpha value is -5.37. The van der Waals surface area contributed by atoms with E-state index in [1.807, 2.05) is 72.8 Å². The highest BCUT2D eigenvalue weighted by Gasteiger charge is 2.15. The number of carbonyl (C=O) groups is 1. The molecule has 8 heteroatoms. The van der Waals surface area contributed by atoms with Crippen LogP contribution < -0.4 is 20.3 Å². The Kier molecular flexibility index (Phi) is 6.26. The normalized spacial score (nSPS) is 11.6. The van der Waals surface area contributed by atoms with Crippen molar-refractivity contribution in [2.45, 2.75) is 0 Å². The number of H-pyrrole nitrogens is 1. The number of para-hydroxylation sites is 3. The fourth-order valence-corrected chi connectivity index (χ4v) is 4.31. The molecule has 39 heavy (non-hydrogen) atoms. The van der Waals surface area contributed by atoms with Gasteiger partial charge in [0.1, 0.15) is 34.2 Å². The molecule has 0 atom stereocenters. The minimum Gasteiger partial charge on any atom is -0.497 e. The number of aromatic nitrogens is 2. The van der Waals surface area contributed by atoms with Gasteiger partial charge in [-0.25, -0.2) is 9.98 Å². The smallest absolute Gasteiger partial charge is 0.261 e. The molecule has 0 saturated heterocycles. The minimum atomic E-state index is -0.360. The summed E-state index contributed by atoms with van der Waals surface area (Å²) in [6.07, 6.45) is 0. The zero-order chi connectivity index (χ0) is 26.8. The topological polar surface area (TPSA) is 102 Å². The number of aromatic amines is 1. The Bertz CT molecular complexity index is 1850. The van der Waals surface area contributed by atoms with Gasteiger partial charge in [0.25, 0.3) is 5.91 Å². The molecular formula is C31H24N4O4. The molecule has 0 aliphatic heterocycles. The molecule has 0 saturated carbocycles. The van der Waals surface area contributed by atoms with Crippen molar-refractivity contribution in [3.63, 3.8) is 0 Å². The van der Waals surface area contributed by atoms with Crippen molar-refractivity contribution in [1.82, 2.24) is 9.97 Å². The average Bonchev–Trinajstić information content (AvgIpc) is 3.41. The number of methoxy groups -OCH3 is 2. The lowest BCUT2D eigenvalue weighted by Crippen LogP contribution is -2.21. The first-order chi connectivity index (χ1) is 19.1. The Morgan fingerprint density at radius 3 is 2.49 bits per heavy atom. The van der Waals surface area contributed by atoms with Crippen LogP contribution in [-0.2, 0) is 0 Å². The quantitative estimate of drug-likeness (QED) is 0.264. The Balaban J connectivity index is 1.36. The number of rotatable bonds is 6. The van der Waals surface area contributed by atoms with E-state index in [1.165, 1.54) is 0 Å². The number of imidazole rings is 1. The van der Waals surface area contributed by atoms with Gasteiger partial charge in [-0.1, -0.05) is 30.3 Å². The van der Waals surface area contributed by atoms with Crippen molar-refractivity contribution < 1.29 is 18.7 Å². The monoisotopic (exact) mass is 516 g/mol. The van der Waals surface area contributed by atoms with Gasteiger partial charge in [-0.05, 0) is 60.7 Å². The molecule has 2 aromatic heterocycles. The summed E-state index contributed by atoms with van der Waals surface area (Å²) in [5.41, 5.74) is 4.90. The molecule has 1 amide bonds. The SMILES string of the molecule is COc1ccc(OC)c(N=c2oc3ccccc3cc2C(=O)Nc2ccc(-c3nc4ccccc4[nH]3)cc2)c1. The molecular weight excluding hydrogens is 492 g/mol. The van der Waals surface area contributed by atoms with Crippen molar-refractivity contribution in [3.8, 4) is 22.9 Å². The van der Waals surface area contributed by atoms with Gasteiger partial charge in [-0.3, -0.25) is 4.79 Å². The van der Waals surface area contributed by atoms with Crippen molar-refractivity contribution in [1.29, 1.82) is 0 Å². The van der Waals surface area contributed by atoms with Crippen LogP contribution in [0.2, 0.25) is 0 Å². The maximum absolute atomic E-state index is 13.5. The first-order valence-electron chi connectivity index (χ1n) is 12.3. The maximum Gasteiger partial charge on any atom is 0.261 e. The molecule has 0 fully saturated rings. The standard InChI is InChI=1S/C31H24N4O4/c1-37-22-15-16-28(38-2)26(18-22)35-31-23(17-20-7-3-6-10-27(20)39-31)30(36)32-21-13-11-19(12-14-21)29-33-24-8-4-5-9-25(24)34-29/h3-18H,1-2H3,(H,32,36)(H,33,34). The van der Waals surface area contributed by atoms with Crippen LogP contribution in [0.3, 0.4) is 0 Å². The number of nitrogens with one attached hydrogen (secondary N) is 2. The largest absolute Gasteiger partial charge is 0.497 e. The molecule has 6 rings (SSSR count). The van der Waals surface area contributed by atoms with E-state index >= 15 is 0 Å². The summed E-state index contributed by atoms with van der Waals surface area (Å²) in [6.45, 7) is 0. The number of anilines is 1. The van der Waals surface area contributed by atoms with Gasteiger partial charge in [0.05, 0.1) is 25.3 Å². The summed E-state index contributed by atoms with van der Waals surface area (Å²) < 4.78 is 16.9. The second kappa shape index (κ2) is 10.2. The van der Waals surface area contributed by atoms with E-state index in [0.29, 0.717) is 28.5 Å². The van der Waals surface area contributed by atoms with Crippen LogP contribution in [0.5, 0.6) is 11.5 Å². The van der Waals surface area contributed by atoms with E-state index < -0.39 is 0 Å². The van der Waals surface area contributed by atoms with Crippen molar-refractivity contribution in [2.24, 2.45) is 4.99 Å². The van der Waals surface area contributed by atoms with E-state index in [-0.39, 0.29) is 17.0 Å². The molecule has 4 aromatic carbocycles. The highest BCUT2D eigenvalue weighted by molar-refractivity contribution is 6.05. The zero-order valence-electron chi connectivity index (χ0n) is 21.3. The van der Waals surface area contributed by atoms with Crippen LogP contribution in [0.15, 0.2) is 106 Å². The number of nitrogens with zero attached hydrogens (tertiary/aromatic N) is 2. The van der Waals surface area contributed by atoms with Gasteiger partial charge in [-0.2, -0.15) is 0 Å². The summed E-state index contributed by atoms with van der Waals surface area (Å²) in [5.74, 6) is 1.52. The number of amides is 1. The highest BCUT2D eigenvalue weighted by Crippen LogP contribution is 2.31. The molecule has 2 heterocycles. The van der Waals surface area contributed by atoms with E-state index in [0.717, 1.165) is 27.8 Å². The van der Waals surface area contributed by atoms with Gasteiger partial charge in [-0.15, -0.1) is 0 Å². The minimum absolute atomic E-state index is 0.150. The number of ether oxygens (including phenoxy) is 2. The molecule has 8 nitrogen and oxygen atoms in total. The Morgan fingerprint density at radius 1 is 0.897 bits per heavy atom. The first-order valence-corrected chi connectivity index (χ1v) is 12.3. The number of benzene rings is 4. The van der Waals surface area contributed by atoms with Gasteiger partial charge < -0.3 is 24.2 Å². The lowest BCUT2D eigenvalue weighted by atomic mass is 10.1. The van der Waals surface area contributed by atoms with Crippen LogP contribution in [0.1, 0.15) is 10.4 Å². The lowest BCUT2D eigenvalue weighted by molar-refractivity contribution is 0.102. The number of hydrogen-bond donors (Lipinski definition) is 2. The van der Waals surface area contributed by atoms with Crippen molar-refractivity contribution >= 4 is 39.3 Å². The summed E-state index contributed by atoms with van der Waals surface area (Å²) in [7, 11) is 3.13. The molecule has 0 spiro atoms. The number of hydrogen-bond acceptors (Lipinski definition) is 6. The highest BCUT2D eigenvalue weighted by atomic mass is 16.5. The Morgan fingerprint density at radius 2 is 1.69 bits per heavy atom. The fraction of sp³-hybridized carbons (Fsp3) is 0.0645. The summed E-state index contributed by atoms with van der Waals surface area (Å²) in [6, 6.07) is 29.8. The lowest BCUT2D eigenvalue weighted by Gasteiger charge is -2.09. The number of carbonyl (C=O) groups excluding carboxylic acids is 1. The molecule has 0 radical (unpaired) electrons. The van der Waals surface area contributed by atoms with E-state index in [2.05, 4.69) is 20.3 Å². The first kappa shape index (κ1) is 24.0. The molecule has 0 aliphatic carbocycles. The zero-order valence-corrected chi connectivity index (χ0v) is 21.3. The molecule has 0 aliphatic rings. The van der Waals surface area contributed by atoms with Crippen molar-refractivity contribution in [2.75, 3.05) is 19.5 Å². The second-order valence-corrected chi connectivity index (χ2v) is 8.79. The van der Waals surface area contributed by atoms with Crippen molar-refractivity contribution in [3.05, 3.63) is 108 Å². The third kappa shape index (κ3) is 4.83. The molecule has 192 valence electrons. The van der Waals surface area contributed by atoms with Gasteiger partial charge in [0.2, 0.25) is 5.55 Å². The number of fused-ring (bicyclic) bond motifs is 2. The van der Waals surface area contributed by atoms with E-state index in [1.54, 1.807) is 38.5 Å². The van der Waals surface area contributed by atoms with Gasteiger partial charge in [0, 0.05) is 22.7 Å². The van der Waals surface area contributed by atoms with Crippen LogP contribution in [0.4, 0.5) is 11.4 Å². The molecule has 2 N–H and O–H groups in total. The Labute approximate surface area is 223 Å². The predicted octanol–water partition coefficient (Wildman–Crippen LogP) is 6.48. The van der Waals surface area contributed by atoms with Crippen LogP contribution >= 0.6 is 0 Å². The van der Waals surface area contributed by atoms with E-state index in [4.69, 9.17) is 13.9 Å². The third-order valence-corrected chi connectivity index (χ3v) is 6.31. The van der Waals surface area contributed by atoms with Crippen LogP contribution in [0.25, 0.3) is 33.4 Å². The van der Waals surface area contributed by atoms with Gasteiger partial charge >= 0.3 is 0 Å². The predicted molar refractivity (Wildman–Crippen MR) is 150 cm³/mol. The summed E-state index contributed by atoms with van der Waals surface area (Å²) >= 11 is 0. The molecule has 0 bridgehead atoms. The molecule has 6 aromatic rings. The summed E-state index contributed by atoms with van der Waals surface area (Å²) in [5, 5.41) is 3.74. The fourth-order valence-electron chi connectivity index (χ4n) is 4.31. The second-order valence-electron chi connectivity index (χ2n) is 8.79. The third-order valence-electron chi connectivity index (χ3n) is 6.31. The van der Waals surface area contributed by atoms with Crippen LogP contribution in [0, 0.1) is 0 Å². The van der Waals surface area contributed by atoms with E-state index in [9.17, 15) is 4.79 Å². The molecule has 0 unspecified atom stereocenters. The summed E-state index contributed by atoms with van der Waals surface area (Å²) in [4.78, 5) is 26.1. The van der Waals surface area contributed by atoms with Gasteiger partial charge in [0.15, 0.2) is 0 Å². The van der Waals surface area contributed by atoms with Crippen LogP contribution in [-0.4, -0.2) is 30.1 Å².